The van der Waals surface area contributed by atoms with Crippen LogP contribution in [0, 0.1) is 6.92 Å². The number of hydrogen-bond acceptors (Lipinski definition) is 3. The van der Waals surface area contributed by atoms with Crippen molar-refractivity contribution in [1.82, 2.24) is 15.1 Å². The van der Waals surface area contributed by atoms with E-state index in [2.05, 4.69) is 24.3 Å². The molecule has 0 radical (unpaired) electrons. The molecule has 98 valence electrons. The highest BCUT2D eigenvalue weighted by Crippen LogP contribution is 2.21. The Morgan fingerprint density at radius 3 is 2.65 bits per heavy atom. The van der Waals surface area contributed by atoms with Crippen molar-refractivity contribution < 1.29 is 0 Å². The number of aryl methyl sites for hydroxylation is 2. The van der Waals surface area contributed by atoms with E-state index in [-0.39, 0.29) is 0 Å². The standard InChI is InChI=1S/C12H22ClN3S/c1-5-14-10(8-17-6-2)7-11-12(13)9(3)15-16(11)4/h10,14H,5-8H2,1-4H3. The average molecular weight is 276 g/mol. The molecular formula is C12H22ClN3S. The van der Waals surface area contributed by atoms with E-state index in [9.17, 15) is 0 Å². The number of aromatic nitrogens is 2. The highest BCUT2D eigenvalue weighted by Gasteiger charge is 2.16. The molecular weight excluding hydrogens is 254 g/mol. The fourth-order valence-corrected chi connectivity index (χ4v) is 2.87. The summed E-state index contributed by atoms with van der Waals surface area (Å²) in [5, 5.41) is 8.68. The van der Waals surface area contributed by atoms with Gasteiger partial charge in [0.2, 0.25) is 0 Å². The number of rotatable bonds is 7. The molecule has 1 aromatic rings. The minimum atomic E-state index is 0.470. The zero-order valence-electron chi connectivity index (χ0n) is 11.1. The molecule has 1 N–H and O–H groups in total. The fourth-order valence-electron chi connectivity index (χ4n) is 1.87. The molecule has 0 bridgehead atoms. The van der Waals surface area contributed by atoms with E-state index < -0.39 is 0 Å². The first kappa shape index (κ1) is 14.9. The van der Waals surface area contributed by atoms with Crippen LogP contribution in [-0.2, 0) is 13.5 Å². The van der Waals surface area contributed by atoms with Crippen molar-refractivity contribution in [2.75, 3.05) is 18.1 Å². The van der Waals surface area contributed by atoms with E-state index in [4.69, 9.17) is 11.6 Å². The Hall–Kier alpha value is -0.190. The summed E-state index contributed by atoms with van der Waals surface area (Å²) in [5.41, 5.74) is 2.05. The molecule has 1 atom stereocenters. The lowest BCUT2D eigenvalue weighted by Gasteiger charge is -2.17. The van der Waals surface area contributed by atoms with Crippen molar-refractivity contribution in [1.29, 1.82) is 0 Å². The molecule has 1 heterocycles. The maximum absolute atomic E-state index is 6.27. The van der Waals surface area contributed by atoms with Crippen LogP contribution in [0.5, 0.6) is 0 Å². The van der Waals surface area contributed by atoms with E-state index in [1.165, 1.54) is 0 Å². The summed E-state index contributed by atoms with van der Waals surface area (Å²) in [7, 11) is 1.96. The predicted octanol–water partition coefficient (Wildman–Crippen LogP) is 2.66. The zero-order valence-corrected chi connectivity index (χ0v) is 12.7. The molecule has 0 spiro atoms. The first-order valence-corrected chi connectivity index (χ1v) is 7.62. The summed E-state index contributed by atoms with van der Waals surface area (Å²) in [6.07, 6.45) is 0.941. The third-order valence-electron chi connectivity index (χ3n) is 2.72. The topological polar surface area (TPSA) is 29.9 Å². The number of thioether (sulfide) groups is 1. The molecule has 0 amide bonds. The maximum atomic E-state index is 6.27. The zero-order chi connectivity index (χ0) is 12.8. The smallest absolute Gasteiger partial charge is 0.0847 e. The molecule has 0 fully saturated rings. The predicted molar refractivity (Wildman–Crippen MR) is 77.1 cm³/mol. The van der Waals surface area contributed by atoms with Gasteiger partial charge >= 0.3 is 0 Å². The molecule has 1 aromatic heterocycles. The molecule has 0 aliphatic heterocycles. The van der Waals surface area contributed by atoms with Gasteiger partial charge in [0.15, 0.2) is 0 Å². The van der Waals surface area contributed by atoms with Gasteiger partial charge in [0.05, 0.1) is 16.4 Å². The van der Waals surface area contributed by atoms with Crippen molar-refractivity contribution in [2.45, 2.75) is 33.2 Å². The molecule has 17 heavy (non-hydrogen) atoms. The van der Waals surface area contributed by atoms with Gasteiger partial charge in [-0.25, -0.2) is 0 Å². The van der Waals surface area contributed by atoms with Gasteiger partial charge in [-0.2, -0.15) is 16.9 Å². The Kier molecular flexibility index (Phi) is 6.38. The maximum Gasteiger partial charge on any atom is 0.0847 e. The molecule has 0 saturated heterocycles. The van der Waals surface area contributed by atoms with E-state index in [0.29, 0.717) is 6.04 Å². The van der Waals surface area contributed by atoms with E-state index >= 15 is 0 Å². The Morgan fingerprint density at radius 1 is 1.47 bits per heavy atom. The molecule has 5 heteroatoms. The second-order valence-electron chi connectivity index (χ2n) is 4.09. The number of nitrogens with zero attached hydrogens (tertiary/aromatic N) is 2. The van der Waals surface area contributed by atoms with Crippen LogP contribution in [0.25, 0.3) is 0 Å². The molecule has 0 aromatic carbocycles. The number of likely N-dealkylation sites (N-methyl/N-ethyl adjacent to an activating group) is 1. The molecule has 0 saturated carbocycles. The molecule has 0 aliphatic carbocycles. The van der Waals surface area contributed by atoms with Gasteiger partial charge in [0.1, 0.15) is 0 Å². The highest BCUT2D eigenvalue weighted by atomic mass is 35.5. The summed E-state index contributed by atoms with van der Waals surface area (Å²) < 4.78 is 1.90. The summed E-state index contributed by atoms with van der Waals surface area (Å²) in [6.45, 7) is 7.27. The minimum Gasteiger partial charge on any atom is -0.313 e. The summed E-state index contributed by atoms with van der Waals surface area (Å²) >= 11 is 8.23. The lowest BCUT2D eigenvalue weighted by Crippen LogP contribution is -2.34. The van der Waals surface area contributed by atoms with Gasteiger partial charge in [-0.3, -0.25) is 4.68 Å². The second kappa shape index (κ2) is 7.29. The van der Waals surface area contributed by atoms with Crippen LogP contribution in [0.3, 0.4) is 0 Å². The van der Waals surface area contributed by atoms with Gasteiger partial charge < -0.3 is 5.32 Å². The summed E-state index contributed by atoms with van der Waals surface area (Å²) in [4.78, 5) is 0. The second-order valence-corrected chi connectivity index (χ2v) is 5.78. The lowest BCUT2D eigenvalue weighted by molar-refractivity contribution is 0.549. The Morgan fingerprint density at radius 2 is 2.18 bits per heavy atom. The van der Waals surface area contributed by atoms with Gasteiger partial charge in [0, 0.05) is 25.3 Å². The normalized spacial score (nSPS) is 13.0. The van der Waals surface area contributed by atoms with Crippen molar-refractivity contribution in [3.05, 3.63) is 16.4 Å². The van der Waals surface area contributed by atoms with Gasteiger partial charge in [-0.05, 0) is 19.2 Å². The SMILES string of the molecule is CCNC(CSCC)Cc1c(Cl)c(C)nn1C. The first-order chi connectivity index (χ1) is 8.10. The van der Waals surface area contributed by atoms with E-state index in [0.717, 1.165) is 40.9 Å². The Balaban J connectivity index is 2.70. The van der Waals surface area contributed by atoms with Crippen molar-refractivity contribution in [3.63, 3.8) is 0 Å². The Bertz CT molecular complexity index is 352. The third-order valence-corrected chi connectivity index (χ3v) is 4.26. The first-order valence-electron chi connectivity index (χ1n) is 6.09. The molecule has 1 unspecified atom stereocenters. The lowest BCUT2D eigenvalue weighted by atomic mass is 10.1. The van der Waals surface area contributed by atoms with Crippen molar-refractivity contribution >= 4 is 23.4 Å². The summed E-state index contributed by atoms with van der Waals surface area (Å²) in [6, 6.07) is 0.470. The van der Waals surface area contributed by atoms with Crippen LogP contribution < -0.4 is 5.32 Å². The minimum absolute atomic E-state index is 0.470. The third kappa shape index (κ3) is 4.19. The summed E-state index contributed by atoms with van der Waals surface area (Å²) in [5.74, 6) is 2.27. The average Bonchev–Trinajstić information content (AvgIpc) is 2.53. The largest absolute Gasteiger partial charge is 0.313 e. The van der Waals surface area contributed by atoms with Gasteiger partial charge in [-0.1, -0.05) is 25.4 Å². The van der Waals surface area contributed by atoms with Crippen LogP contribution >= 0.6 is 23.4 Å². The van der Waals surface area contributed by atoms with Crippen molar-refractivity contribution in [3.8, 4) is 0 Å². The highest BCUT2D eigenvalue weighted by molar-refractivity contribution is 7.99. The van der Waals surface area contributed by atoms with Crippen LogP contribution in [0.15, 0.2) is 0 Å². The number of nitrogens with one attached hydrogen (secondary N) is 1. The molecule has 3 nitrogen and oxygen atoms in total. The van der Waals surface area contributed by atoms with Gasteiger partial charge in [0.25, 0.3) is 0 Å². The van der Waals surface area contributed by atoms with Crippen molar-refractivity contribution in [2.24, 2.45) is 7.05 Å². The molecule has 1 rings (SSSR count). The van der Waals surface area contributed by atoms with Crippen LogP contribution in [0.2, 0.25) is 5.02 Å². The van der Waals surface area contributed by atoms with Crippen LogP contribution in [0.1, 0.15) is 25.2 Å². The monoisotopic (exact) mass is 275 g/mol. The quantitative estimate of drug-likeness (QED) is 0.830. The fraction of sp³-hybridized carbons (Fsp3) is 0.750. The number of halogens is 1. The molecule has 0 aliphatic rings. The van der Waals surface area contributed by atoms with Crippen LogP contribution in [-0.4, -0.2) is 33.9 Å². The van der Waals surface area contributed by atoms with Gasteiger partial charge in [-0.15, -0.1) is 0 Å². The number of hydrogen-bond donors (Lipinski definition) is 1. The van der Waals surface area contributed by atoms with Crippen LogP contribution in [0.4, 0.5) is 0 Å². The van der Waals surface area contributed by atoms with E-state index in [1.807, 2.05) is 30.4 Å². The Labute approximate surface area is 113 Å². The van der Waals surface area contributed by atoms with E-state index in [1.54, 1.807) is 0 Å².